The fourth-order valence-corrected chi connectivity index (χ4v) is 8.40. The van der Waals surface area contributed by atoms with E-state index in [9.17, 15) is 33.2 Å². The van der Waals surface area contributed by atoms with E-state index in [-0.39, 0.29) is 82.4 Å². The number of thiophene rings is 1. The number of aromatic amines is 1. The average molecular weight is 916 g/mol. The number of likely N-dealkylation sites (tertiary alicyclic amines) is 1. The third kappa shape index (κ3) is 14.2. The highest BCUT2D eigenvalue weighted by molar-refractivity contribution is 7.10. The first-order valence-corrected chi connectivity index (χ1v) is 22.2. The van der Waals surface area contributed by atoms with Crippen LogP contribution in [0.1, 0.15) is 54.5 Å². The molecule has 14 N–H and O–H groups in total. The van der Waals surface area contributed by atoms with E-state index >= 15 is 0 Å². The van der Waals surface area contributed by atoms with Crippen LogP contribution in [-0.2, 0) is 48.0 Å². The number of nitrogens with zero attached hydrogens (tertiary/aromatic N) is 4. The third-order valence-corrected chi connectivity index (χ3v) is 12.0. The van der Waals surface area contributed by atoms with Crippen LogP contribution in [0.2, 0.25) is 0 Å². The summed E-state index contributed by atoms with van der Waals surface area (Å²) in [5, 5.41) is 11.0. The molecule has 0 spiro atoms. The standard InChI is InChI=1S/C44H58FN13O6S/c1-57(37(59)24-29-8-7-21-65-29)36(23-27-25-53-31-10-3-2-9-30(27)31)41(63)56-34(22-26-14-16-28(45)17-15-26)39(61)55-33(12-5-19-52-44(49)50)42(64)58-20-6-13-35(58)40(62)54-32(38(46)60)11-4-18-51-43(47)48/h2-3,7-10,14-17,21,25,32-36,53H,4-6,11-13,18-20,22-24H2,1H3,(H2,46,60)(H,54,62)(H,55,61)(H,56,63)(H4,47,48,51)(H4,49,50,52)/t32-,33-,34-,35-,36-/m0/s1. The number of carbonyl (C=O) groups is 6. The van der Waals surface area contributed by atoms with E-state index in [1.54, 1.807) is 6.20 Å². The van der Waals surface area contributed by atoms with Crippen molar-refractivity contribution in [3.8, 4) is 0 Å². The lowest BCUT2D eigenvalue weighted by Gasteiger charge is -2.31. The second-order valence-electron chi connectivity index (χ2n) is 15.8. The molecule has 65 heavy (non-hydrogen) atoms. The Morgan fingerprint density at radius 3 is 2.14 bits per heavy atom. The van der Waals surface area contributed by atoms with Gasteiger partial charge in [0.15, 0.2) is 11.9 Å². The van der Waals surface area contributed by atoms with Gasteiger partial charge in [-0.15, -0.1) is 11.3 Å². The fourth-order valence-electron chi connectivity index (χ4n) is 7.70. The fraction of sp³-hybridized carbons (Fsp3) is 0.409. The number of nitrogens with two attached hydrogens (primary N) is 5. The Hall–Kier alpha value is -7.03. The number of primary amides is 1. The van der Waals surface area contributed by atoms with Crippen molar-refractivity contribution in [2.24, 2.45) is 38.7 Å². The number of H-pyrrole nitrogens is 1. The predicted octanol–water partition coefficient (Wildman–Crippen LogP) is 0.261. The molecule has 2 aromatic heterocycles. The molecular formula is C44H58FN13O6S. The van der Waals surface area contributed by atoms with Gasteiger partial charge in [0, 0.05) is 61.5 Å². The molecule has 0 aliphatic carbocycles. The van der Waals surface area contributed by atoms with E-state index in [1.807, 2.05) is 41.8 Å². The van der Waals surface area contributed by atoms with Crippen molar-refractivity contribution in [2.45, 2.75) is 88.0 Å². The highest BCUT2D eigenvalue weighted by Gasteiger charge is 2.40. The van der Waals surface area contributed by atoms with Gasteiger partial charge in [0.05, 0.1) is 6.42 Å². The van der Waals surface area contributed by atoms with Gasteiger partial charge in [-0.05, 0) is 79.3 Å². The monoisotopic (exact) mass is 915 g/mol. The lowest BCUT2D eigenvalue weighted by Crippen LogP contribution is -2.59. The number of likely N-dealkylation sites (N-methyl/N-ethyl adjacent to an activating group) is 1. The number of halogens is 1. The zero-order chi connectivity index (χ0) is 47.0. The third-order valence-electron chi connectivity index (χ3n) is 11.1. The maximum absolute atomic E-state index is 14.6. The van der Waals surface area contributed by atoms with Gasteiger partial charge < -0.3 is 59.4 Å². The molecule has 348 valence electrons. The Morgan fingerprint density at radius 1 is 0.831 bits per heavy atom. The van der Waals surface area contributed by atoms with E-state index in [2.05, 4.69) is 30.9 Å². The maximum atomic E-state index is 14.6. The summed E-state index contributed by atoms with van der Waals surface area (Å²) in [7, 11) is 1.54. The van der Waals surface area contributed by atoms with Crippen LogP contribution in [0.3, 0.4) is 0 Å². The number of hydrogen-bond acceptors (Lipinski definition) is 9. The molecule has 0 bridgehead atoms. The first-order chi connectivity index (χ1) is 31.1. The molecule has 1 aliphatic heterocycles. The van der Waals surface area contributed by atoms with Crippen molar-refractivity contribution >= 4 is 69.6 Å². The van der Waals surface area contributed by atoms with Crippen LogP contribution in [-0.4, -0.2) is 119 Å². The molecular weight excluding hydrogens is 858 g/mol. The molecule has 1 saturated heterocycles. The van der Waals surface area contributed by atoms with Gasteiger partial charge in [-0.1, -0.05) is 36.4 Å². The number of amides is 6. The maximum Gasteiger partial charge on any atom is 0.245 e. The second kappa shape index (κ2) is 23.6. The Bertz CT molecular complexity index is 2330. The summed E-state index contributed by atoms with van der Waals surface area (Å²) >= 11 is 1.41. The summed E-state index contributed by atoms with van der Waals surface area (Å²) in [5.41, 5.74) is 29.6. The zero-order valence-corrected chi connectivity index (χ0v) is 37.0. The Labute approximate surface area is 379 Å². The SMILES string of the molecule is CN(C(=O)Cc1cccs1)[C@@H](Cc1c[nH]c2ccccc12)C(=O)N[C@@H](Cc1ccc(F)cc1)C(=O)N[C@@H](CCCN=C(N)N)C(=O)N1CCC[C@H]1C(=O)N[C@@H](CCCN=C(N)N)C(N)=O. The minimum atomic E-state index is -1.33. The molecule has 0 saturated carbocycles. The summed E-state index contributed by atoms with van der Waals surface area (Å²) < 4.78 is 14.1. The molecule has 19 nitrogen and oxygen atoms in total. The van der Waals surface area contributed by atoms with Gasteiger partial charge in [0.1, 0.15) is 36.0 Å². The molecule has 5 rings (SSSR count). The molecule has 5 atom stereocenters. The molecule has 21 heteroatoms. The van der Waals surface area contributed by atoms with Crippen molar-refractivity contribution in [1.29, 1.82) is 0 Å². The minimum absolute atomic E-state index is 0.0290. The van der Waals surface area contributed by atoms with Crippen LogP contribution >= 0.6 is 11.3 Å². The summed E-state index contributed by atoms with van der Waals surface area (Å²) in [6.07, 6.45) is 3.26. The molecule has 3 heterocycles. The first kappa shape index (κ1) is 49.0. The van der Waals surface area contributed by atoms with Gasteiger partial charge in [0.25, 0.3) is 0 Å². The van der Waals surface area contributed by atoms with Crippen molar-refractivity contribution in [2.75, 3.05) is 26.7 Å². The number of benzene rings is 2. The number of nitrogens with one attached hydrogen (secondary N) is 4. The molecule has 1 fully saturated rings. The largest absolute Gasteiger partial charge is 0.370 e. The van der Waals surface area contributed by atoms with E-state index < -0.39 is 65.6 Å². The number of guanidine groups is 2. The Morgan fingerprint density at radius 2 is 1.49 bits per heavy atom. The lowest BCUT2D eigenvalue weighted by molar-refractivity contribution is -0.143. The smallest absolute Gasteiger partial charge is 0.245 e. The second-order valence-corrected chi connectivity index (χ2v) is 16.9. The predicted molar refractivity (Wildman–Crippen MR) is 246 cm³/mol. The summed E-state index contributed by atoms with van der Waals surface area (Å²) in [6, 6.07) is 10.9. The van der Waals surface area contributed by atoms with E-state index in [0.717, 1.165) is 21.3 Å². The van der Waals surface area contributed by atoms with Crippen LogP contribution in [0.15, 0.2) is 82.2 Å². The van der Waals surface area contributed by atoms with Crippen molar-refractivity contribution in [1.82, 2.24) is 30.7 Å². The quantitative estimate of drug-likeness (QED) is 0.0278. The van der Waals surface area contributed by atoms with Gasteiger partial charge in [-0.2, -0.15) is 0 Å². The number of aliphatic imine (C=N–C) groups is 2. The Kier molecular flexibility index (Phi) is 17.8. The zero-order valence-electron chi connectivity index (χ0n) is 36.2. The number of aromatic nitrogens is 1. The molecule has 4 aromatic rings. The lowest BCUT2D eigenvalue weighted by atomic mass is 10.0. The highest BCUT2D eigenvalue weighted by atomic mass is 32.1. The van der Waals surface area contributed by atoms with Crippen LogP contribution in [0, 0.1) is 5.82 Å². The Balaban J connectivity index is 1.41. The van der Waals surface area contributed by atoms with Crippen LogP contribution in [0.25, 0.3) is 10.9 Å². The topological polar surface area (TPSA) is 316 Å². The molecule has 1 aliphatic rings. The molecule has 0 radical (unpaired) electrons. The van der Waals surface area contributed by atoms with Gasteiger partial charge in [-0.25, -0.2) is 4.39 Å². The first-order valence-electron chi connectivity index (χ1n) is 21.3. The van der Waals surface area contributed by atoms with E-state index in [0.29, 0.717) is 18.4 Å². The van der Waals surface area contributed by atoms with Crippen LogP contribution in [0.4, 0.5) is 4.39 Å². The van der Waals surface area contributed by atoms with Crippen molar-refractivity contribution in [3.63, 3.8) is 0 Å². The number of hydrogen-bond donors (Lipinski definition) is 9. The van der Waals surface area contributed by atoms with Crippen LogP contribution in [0.5, 0.6) is 0 Å². The van der Waals surface area contributed by atoms with Crippen molar-refractivity contribution < 1.29 is 33.2 Å². The summed E-state index contributed by atoms with van der Waals surface area (Å²) in [4.78, 5) is 98.0. The molecule has 0 unspecified atom stereocenters. The number of fused-ring (bicyclic) bond motifs is 1. The normalized spacial score (nSPS) is 15.2. The van der Waals surface area contributed by atoms with Gasteiger partial charge in [0.2, 0.25) is 35.4 Å². The summed E-state index contributed by atoms with van der Waals surface area (Å²) in [5.74, 6) is -4.49. The van der Waals surface area contributed by atoms with Gasteiger partial charge in [-0.3, -0.25) is 38.8 Å². The van der Waals surface area contributed by atoms with E-state index in [1.165, 1.54) is 52.4 Å². The number of carbonyl (C=O) groups excluding carboxylic acids is 6. The average Bonchev–Trinajstić information content (AvgIpc) is 4.07. The molecule has 6 amide bonds. The number of rotatable bonds is 23. The van der Waals surface area contributed by atoms with Crippen molar-refractivity contribution in [3.05, 3.63) is 94.1 Å². The minimum Gasteiger partial charge on any atom is -0.370 e. The summed E-state index contributed by atoms with van der Waals surface area (Å²) in [6.45, 7) is 0.484. The highest BCUT2D eigenvalue weighted by Crippen LogP contribution is 2.23. The molecule has 2 aromatic carbocycles. The van der Waals surface area contributed by atoms with Gasteiger partial charge >= 0.3 is 0 Å². The van der Waals surface area contributed by atoms with E-state index in [4.69, 9.17) is 28.7 Å². The van der Waals surface area contributed by atoms with Crippen LogP contribution < -0.4 is 44.6 Å². The number of para-hydroxylation sites is 1.